The first-order valence-electron chi connectivity index (χ1n) is 5.88. The zero-order valence-corrected chi connectivity index (χ0v) is 10.3. The Kier molecular flexibility index (Phi) is 3.62. The van der Waals surface area contributed by atoms with Crippen LogP contribution in [0.2, 0.25) is 0 Å². The van der Waals surface area contributed by atoms with Crippen molar-refractivity contribution in [2.24, 2.45) is 0 Å². The van der Waals surface area contributed by atoms with E-state index in [0.29, 0.717) is 5.56 Å². The van der Waals surface area contributed by atoms with Crippen LogP contribution in [0.5, 0.6) is 0 Å². The van der Waals surface area contributed by atoms with Crippen molar-refractivity contribution in [2.45, 2.75) is 13.0 Å². The Balaban J connectivity index is 2.27. The number of carbonyl (C=O) groups excluding carboxylic acids is 1. The molecule has 96 valence electrons. The number of amides is 1. The number of hydrogen-bond donors (Lipinski definition) is 2. The fraction of sp³-hybridized carbons (Fsp3) is 0.385. The van der Waals surface area contributed by atoms with Gasteiger partial charge in [-0.25, -0.2) is 0 Å². The number of carbonyl (C=O) groups is 2. The summed E-state index contributed by atoms with van der Waals surface area (Å²) in [5.41, 5.74) is 2.78. The van der Waals surface area contributed by atoms with Crippen molar-refractivity contribution in [3.63, 3.8) is 0 Å². The second-order valence-electron chi connectivity index (χ2n) is 4.42. The minimum Gasteiger partial charge on any atom is -0.480 e. The molecule has 0 atom stereocenters. The van der Waals surface area contributed by atoms with Crippen LogP contribution in [0.3, 0.4) is 0 Å². The Morgan fingerprint density at radius 1 is 1.44 bits per heavy atom. The number of hydrogen-bond acceptors (Lipinski definition) is 3. The van der Waals surface area contributed by atoms with Crippen LogP contribution in [0.15, 0.2) is 18.2 Å². The first-order chi connectivity index (χ1) is 8.59. The molecule has 0 saturated heterocycles. The summed E-state index contributed by atoms with van der Waals surface area (Å²) in [4.78, 5) is 24.1. The van der Waals surface area contributed by atoms with Crippen molar-refractivity contribution in [3.05, 3.63) is 34.9 Å². The van der Waals surface area contributed by atoms with E-state index >= 15 is 0 Å². The van der Waals surface area contributed by atoms with Crippen LogP contribution in [0.1, 0.15) is 21.5 Å². The molecule has 5 nitrogen and oxygen atoms in total. The summed E-state index contributed by atoms with van der Waals surface area (Å²) in [5.74, 6) is -1.23. The Hall–Kier alpha value is -1.88. The molecule has 0 fully saturated rings. The summed E-state index contributed by atoms with van der Waals surface area (Å²) in [7, 11) is 1.51. The Bertz CT molecular complexity index is 485. The highest BCUT2D eigenvalue weighted by Gasteiger charge is 2.20. The summed E-state index contributed by atoms with van der Waals surface area (Å²) in [6, 6.07) is 5.61. The van der Waals surface area contributed by atoms with Crippen LogP contribution in [0.25, 0.3) is 0 Å². The molecule has 0 radical (unpaired) electrons. The van der Waals surface area contributed by atoms with Crippen LogP contribution < -0.4 is 5.32 Å². The van der Waals surface area contributed by atoms with Gasteiger partial charge in [0, 0.05) is 19.2 Å². The van der Waals surface area contributed by atoms with E-state index in [0.717, 1.165) is 30.6 Å². The van der Waals surface area contributed by atoms with Crippen LogP contribution >= 0.6 is 0 Å². The highest BCUT2D eigenvalue weighted by atomic mass is 16.4. The van der Waals surface area contributed by atoms with Gasteiger partial charge in [0.2, 0.25) is 0 Å². The maximum atomic E-state index is 12.2. The molecule has 0 spiro atoms. The number of carboxylic acid groups (broad SMARTS) is 1. The smallest absolute Gasteiger partial charge is 0.323 e. The van der Waals surface area contributed by atoms with E-state index in [9.17, 15) is 9.59 Å². The van der Waals surface area contributed by atoms with Crippen LogP contribution in [0.4, 0.5) is 0 Å². The van der Waals surface area contributed by atoms with Gasteiger partial charge in [0.15, 0.2) is 0 Å². The minimum atomic E-state index is -1.00. The van der Waals surface area contributed by atoms with Crippen molar-refractivity contribution in [3.8, 4) is 0 Å². The summed E-state index contributed by atoms with van der Waals surface area (Å²) in [6.45, 7) is 1.33. The third-order valence-corrected chi connectivity index (χ3v) is 3.09. The standard InChI is InChI=1S/C13H16N2O3/c1-15(8-12(16)17)13(18)11-4-2-3-9-7-14-6-5-10(9)11/h2-4,14H,5-8H2,1H3,(H,16,17). The lowest BCUT2D eigenvalue weighted by molar-refractivity contribution is -0.137. The third kappa shape index (κ3) is 2.51. The fourth-order valence-corrected chi connectivity index (χ4v) is 2.21. The molecule has 18 heavy (non-hydrogen) atoms. The van der Waals surface area contributed by atoms with Gasteiger partial charge < -0.3 is 15.3 Å². The monoisotopic (exact) mass is 248 g/mol. The molecule has 0 unspecified atom stereocenters. The Morgan fingerprint density at radius 3 is 2.94 bits per heavy atom. The highest BCUT2D eigenvalue weighted by Crippen LogP contribution is 2.19. The van der Waals surface area contributed by atoms with E-state index in [-0.39, 0.29) is 12.5 Å². The van der Waals surface area contributed by atoms with Gasteiger partial charge in [-0.2, -0.15) is 0 Å². The van der Waals surface area contributed by atoms with Crippen molar-refractivity contribution in [1.82, 2.24) is 10.2 Å². The number of aliphatic carboxylic acids is 1. The predicted octanol–water partition coefficient (Wildman–Crippen LogP) is 0.489. The minimum absolute atomic E-state index is 0.226. The molecule has 5 heteroatoms. The molecule has 0 aliphatic carbocycles. The first kappa shape index (κ1) is 12.6. The average Bonchev–Trinajstić information content (AvgIpc) is 2.36. The van der Waals surface area contributed by atoms with Gasteiger partial charge in [-0.05, 0) is 30.2 Å². The molecule has 0 aromatic heterocycles. The largest absolute Gasteiger partial charge is 0.480 e. The predicted molar refractivity (Wildman–Crippen MR) is 66.4 cm³/mol. The molecule has 1 aromatic rings. The number of nitrogens with zero attached hydrogens (tertiary/aromatic N) is 1. The lowest BCUT2D eigenvalue weighted by atomic mass is 9.95. The fourth-order valence-electron chi connectivity index (χ4n) is 2.21. The first-order valence-corrected chi connectivity index (χ1v) is 5.88. The average molecular weight is 248 g/mol. The van der Waals surface area contributed by atoms with Crippen molar-refractivity contribution >= 4 is 11.9 Å². The third-order valence-electron chi connectivity index (χ3n) is 3.09. The van der Waals surface area contributed by atoms with Crippen LogP contribution in [-0.4, -0.2) is 42.0 Å². The molecule has 1 heterocycles. The SMILES string of the molecule is CN(CC(=O)O)C(=O)c1cccc2c1CCNC2. The number of fused-ring (bicyclic) bond motifs is 1. The van der Waals surface area contributed by atoms with Crippen molar-refractivity contribution in [1.29, 1.82) is 0 Å². The van der Waals surface area contributed by atoms with E-state index in [1.165, 1.54) is 11.9 Å². The van der Waals surface area contributed by atoms with E-state index in [2.05, 4.69) is 5.32 Å². The lowest BCUT2D eigenvalue weighted by Gasteiger charge is -2.22. The van der Waals surface area contributed by atoms with Gasteiger partial charge in [-0.1, -0.05) is 12.1 Å². The second kappa shape index (κ2) is 5.18. The van der Waals surface area contributed by atoms with Crippen LogP contribution in [0, 0.1) is 0 Å². The normalized spacial score (nSPS) is 13.8. The Labute approximate surface area is 105 Å². The number of nitrogens with one attached hydrogen (secondary N) is 1. The molecule has 2 rings (SSSR count). The van der Waals surface area contributed by atoms with Crippen molar-refractivity contribution < 1.29 is 14.7 Å². The summed E-state index contributed by atoms with van der Waals surface area (Å²) in [5, 5.41) is 12.0. The number of rotatable bonds is 3. The maximum Gasteiger partial charge on any atom is 0.323 e. The number of likely N-dealkylation sites (N-methyl/N-ethyl adjacent to an activating group) is 1. The molecular weight excluding hydrogens is 232 g/mol. The van der Waals surface area contributed by atoms with E-state index in [1.807, 2.05) is 12.1 Å². The second-order valence-corrected chi connectivity index (χ2v) is 4.42. The van der Waals surface area contributed by atoms with E-state index < -0.39 is 5.97 Å². The van der Waals surface area contributed by atoms with Gasteiger partial charge >= 0.3 is 5.97 Å². The van der Waals surface area contributed by atoms with E-state index in [4.69, 9.17) is 5.11 Å². The maximum absolute atomic E-state index is 12.2. The molecule has 2 N–H and O–H groups in total. The molecule has 1 aliphatic rings. The van der Waals surface area contributed by atoms with Gasteiger partial charge in [-0.15, -0.1) is 0 Å². The quantitative estimate of drug-likeness (QED) is 0.816. The molecule has 1 aliphatic heterocycles. The topological polar surface area (TPSA) is 69.6 Å². The molecule has 0 saturated carbocycles. The molecule has 1 aromatic carbocycles. The zero-order chi connectivity index (χ0) is 13.1. The van der Waals surface area contributed by atoms with Crippen LogP contribution in [-0.2, 0) is 17.8 Å². The highest BCUT2D eigenvalue weighted by molar-refractivity contribution is 5.97. The number of benzene rings is 1. The summed E-state index contributed by atoms with van der Waals surface area (Å²) < 4.78 is 0. The van der Waals surface area contributed by atoms with Crippen molar-refractivity contribution in [2.75, 3.05) is 20.1 Å². The number of carboxylic acids is 1. The Morgan fingerprint density at radius 2 is 2.22 bits per heavy atom. The zero-order valence-electron chi connectivity index (χ0n) is 10.3. The van der Waals surface area contributed by atoms with Gasteiger partial charge in [-0.3, -0.25) is 9.59 Å². The summed E-state index contributed by atoms with van der Waals surface area (Å²) in [6.07, 6.45) is 0.804. The van der Waals surface area contributed by atoms with Gasteiger partial charge in [0.1, 0.15) is 6.54 Å². The molecule has 0 bridgehead atoms. The lowest BCUT2D eigenvalue weighted by Crippen LogP contribution is -2.34. The molecular formula is C13H16N2O3. The van der Waals surface area contributed by atoms with Gasteiger partial charge in [0.05, 0.1) is 0 Å². The van der Waals surface area contributed by atoms with Gasteiger partial charge in [0.25, 0.3) is 5.91 Å². The summed E-state index contributed by atoms with van der Waals surface area (Å²) >= 11 is 0. The molecule has 1 amide bonds. The van der Waals surface area contributed by atoms with E-state index in [1.54, 1.807) is 6.07 Å².